The number of nitrogens with zero attached hydrogens (tertiary/aromatic N) is 2. The van der Waals surface area contributed by atoms with Crippen molar-refractivity contribution in [1.82, 2.24) is 9.78 Å². The summed E-state index contributed by atoms with van der Waals surface area (Å²) in [4.78, 5) is 0. The molecule has 3 heteroatoms. The molecule has 1 aliphatic carbocycles. The van der Waals surface area contributed by atoms with Crippen LogP contribution in [0.4, 0.5) is 5.82 Å². The van der Waals surface area contributed by atoms with Crippen molar-refractivity contribution >= 4 is 5.82 Å². The maximum Gasteiger partial charge on any atom is 0.133 e. The van der Waals surface area contributed by atoms with E-state index in [4.69, 9.17) is 5.10 Å². The normalized spacial score (nSPS) is 18.2. The number of aromatic nitrogens is 2. The van der Waals surface area contributed by atoms with Gasteiger partial charge >= 0.3 is 0 Å². The summed E-state index contributed by atoms with van der Waals surface area (Å²) in [5.74, 6) is 1.93. The Balaban J connectivity index is 1.80. The molecule has 2 aliphatic rings. The Morgan fingerprint density at radius 2 is 2.00 bits per heavy atom. The number of para-hydroxylation sites is 1. The first-order valence-electron chi connectivity index (χ1n) is 8.82. The van der Waals surface area contributed by atoms with Crippen molar-refractivity contribution in [3.63, 3.8) is 0 Å². The number of anilines is 1. The highest BCUT2D eigenvalue weighted by molar-refractivity contribution is 5.59. The summed E-state index contributed by atoms with van der Waals surface area (Å²) in [5, 5.41) is 8.67. The van der Waals surface area contributed by atoms with E-state index in [1.165, 1.54) is 60.4 Å². The molecule has 1 N–H and O–H groups in total. The molecule has 116 valence electrons. The molecule has 0 spiro atoms. The molecule has 0 bridgehead atoms. The number of hydrogen-bond acceptors (Lipinski definition) is 2. The number of nitrogens with one attached hydrogen (secondary N) is 1. The van der Waals surface area contributed by atoms with Crippen LogP contribution in [0.15, 0.2) is 24.3 Å². The minimum atomic E-state index is 0.678. The first-order chi connectivity index (χ1) is 10.9. The van der Waals surface area contributed by atoms with E-state index in [2.05, 4.69) is 41.2 Å². The van der Waals surface area contributed by atoms with Gasteiger partial charge in [-0.2, -0.15) is 5.10 Å². The Morgan fingerprint density at radius 1 is 1.18 bits per heavy atom. The van der Waals surface area contributed by atoms with E-state index in [0.717, 1.165) is 19.4 Å². The molecule has 0 radical (unpaired) electrons. The molecule has 22 heavy (non-hydrogen) atoms. The molecule has 0 saturated heterocycles. The van der Waals surface area contributed by atoms with Crippen molar-refractivity contribution in [2.24, 2.45) is 0 Å². The molecule has 0 unspecified atom stereocenters. The van der Waals surface area contributed by atoms with Crippen LogP contribution >= 0.6 is 0 Å². The van der Waals surface area contributed by atoms with Gasteiger partial charge in [-0.25, -0.2) is 4.68 Å². The summed E-state index contributed by atoms with van der Waals surface area (Å²) in [6, 6.07) is 8.68. The summed E-state index contributed by atoms with van der Waals surface area (Å²) in [5.41, 5.74) is 5.48. The van der Waals surface area contributed by atoms with E-state index < -0.39 is 0 Å². The summed E-state index contributed by atoms with van der Waals surface area (Å²) >= 11 is 0. The first-order valence-corrected chi connectivity index (χ1v) is 8.82. The summed E-state index contributed by atoms with van der Waals surface area (Å²) in [7, 11) is 0. The Morgan fingerprint density at radius 3 is 2.82 bits per heavy atom. The molecular weight excluding hydrogens is 270 g/mol. The van der Waals surface area contributed by atoms with Gasteiger partial charge < -0.3 is 5.32 Å². The van der Waals surface area contributed by atoms with Crippen molar-refractivity contribution in [1.29, 1.82) is 0 Å². The maximum atomic E-state index is 5.09. The molecule has 0 atom stereocenters. The van der Waals surface area contributed by atoms with Crippen LogP contribution in [0.25, 0.3) is 5.69 Å². The van der Waals surface area contributed by atoms with E-state index in [1.54, 1.807) is 0 Å². The van der Waals surface area contributed by atoms with Crippen LogP contribution in [-0.2, 0) is 12.8 Å². The van der Waals surface area contributed by atoms with Gasteiger partial charge in [-0.15, -0.1) is 0 Å². The second-order valence-corrected chi connectivity index (χ2v) is 6.62. The molecular formula is C19H25N3. The van der Waals surface area contributed by atoms with Crippen LogP contribution in [0.1, 0.15) is 61.8 Å². The maximum absolute atomic E-state index is 5.09. The van der Waals surface area contributed by atoms with Gasteiger partial charge in [0.05, 0.1) is 11.4 Å². The van der Waals surface area contributed by atoms with E-state index in [0.29, 0.717) is 5.92 Å². The summed E-state index contributed by atoms with van der Waals surface area (Å²) in [6.07, 6.45) is 8.95. The zero-order valence-corrected chi connectivity index (χ0v) is 13.4. The number of benzene rings is 1. The lowest BCUT2D eigenvalue weighted by Crippen LogP contribution is -2.10. The molecule has 3 nitrogen and oxygen atoms in total. The molecule has 0 amide bonds. The van der Waals surface area contributed by atoms with Gasteiger partial charge in [-0.3, -0.25) is 0 Å². The molecule has 1 aliphatic heterocycles. The van der Waals surface area contributed by atoms with Gasteiger partial charge in [0.1, 0.15) is 5.82 Å². The Labute approximate surface area is 132 Å². The lowest BCUT2D eigenvalue weighted by Gasteiger charge is -2.20. The van der Waals surface area contributed by atoms with Crippen LogP contribution < -0.4 is 5.32 Å². The smallest absolute Gasteiger partial charge is 0.133 e. The lowest BCUT2D eigenvalue weighted by molar-refractivity contribution is 0.433. The van der Waals surface area contributed by atoms with Crippen molar-refractivity contribution < 1.29 is 0 Å². The second-order valence-electron chi connectivity index (χ2n) is 6.62. The third-order valence-electron chi connectivity index (χ3n) is 5.27. The Hall–Kier alpha value is -1.77. The third-order valence-corrected chi connectivity index (χ3v) is 5.27. The van der Waals surface area contributed by atoms with Gasteiger partial charge in [0, 0.05) is 18.0 Å². The summed E-state index contributed by atoms with van der Waals surface area (Å²) in [6.45, 7) is 3.28. The predicted octanol–water partition coefficient (Wildman–Crippen LogP) is 4.45. The first kappa shape index (κ1) is 13.9. The molecule has 1 fully saturated rings. The van der Waals surface area contributed by atoms with Crippen molar-refractivity contribution in [3.05, 3.63) is 41.1 Å². The number of aryl methyl sites for hydroxylation is 1. The Bertz CT molecular complexity index is 665. The zero-order valence-electron chi connectivity index (χ0n) is 13.4. The molecule has 2 aromatic rings. The fraction of sp³-hybridized carbons (Fsp3) is 0.526. The highest BCUT2D eigenvalue weighted by atomic mass is 15.3. The van der Waals surface area contributed by atoms with E-state index in [-0.39, 0.29) is 0 Å². The monoisotopic (exact) mass is 295 g/mol. The van der Waals surface area contributed by atoms with E-state index in [9.17, 15) is 0 Å². The molecule has 1 aromatic heterocycles. The quantitative estimate of drug-likeness (QED) is 0.906. The molecule has 2 heterocycles. The van der Waals surface area contributed by atoms with E-state index >= 15 is 0 Å². The highest BCUT2D eigenvalue weighted by Gasteiger charge is 2.28. The predicted molar refractivity (Wildman–Crippen MR) is 91.0 cm³/mol. The van der Waals surface area contributed by atoms with Crippen LogP contribution in [0, 0.1) is 0 Å². The van der Waals surface area contributed by atoms with Gasteiger partial charge in [0.25, 0.3) is 0 Å². The minimum absolute atomic E-state index is 0.678. The second kappa shape index (κ2) is 5.79. The van der Waals surface area contributed by atoms with Gasteiger partial charge in [-0.1, -0.05) is 44.4 Å². The molecule has 4 rings (SSSR count). The summed E-state index contributed by atoms with van der Waals surface area (Å²) < 4.78 is 2.19. The highest BCUT2D eigenvalue weighted by Crippen LogP contribution is 2.39. The lowest BCUT2D eigenvalue weighted by atomic mass is 9.85. The molecule has 1 saturated carbocycles. The average Bonchev–Trinajstić information content (AvgIpc) is 3.18. The van der Waals surface area contributed by atoms with Crippen LogP contribution in [0.3, 0.4) is 0 Å². The van der Waals surface area contributed by atoms with Gasteiger partial charge in [-0.05, 0) is 37.3 Å². The topological polar surface area (TPSA) is 29.9 Å². The molecule has 1 aromatic carbocycles. The minimum Gasteiger partial charge on any atom is -0.369 e. The van der Waals surface area contributed by atoms with Crippen molar-refractivity contribution in [2.75, 3.05) is 11.9 Å². The van der Waals surface area contributed by atoms with Crippen LogP contribution in [0.5, 0.6) is 0 Å². The van der Waals surface area contributed by atoms with E-state index in [1.807, 2.05) is 0 Å². The van der Waals surface area contributed by atoms with Crippen LogP contribution in [-0.4, -0.2) is 16.3 Å². The number of rotatable bonds is 3. The fourth-order valence-corrected chi connectivity index (χ4v) is 4.10. The zero-order chi connectivity index (χ0) is 14.9. The van der Waals surface area contributed by atoms with Gasteiger partial charge in [0.2, 0.25) is 0 Å². The number of hydrogen-bond donors (Lipinski definition) is 1. The van der Waals surface area contributed by atoms with Crippen molar-refractivity contribution in [2.45, 2.75) is 57.8 Å². The largest absolute Gasteiger partial charge is 0.369 e. The SMILES string of the molecule is CCc1ccccc1-n1nc(C2CCCCC2)c2c1NCC2. The fourth-order valence-electron chi connectivity index (χ4n) is 4.10. The average molecular weight is 295 g/mol. The third kappa shape index (κ3) is 2.23. The number of fused-ring (bicyclic) bond motifs is 1. The van der Waals surface area contributed by atoms with Crippen molar-refractivity contribution in [3.8, 4) is 5.69 Å². The standard InChI is InChI=1S/C19H25N3/c1-2-14-8-6-7-11-17(14)22-19-16(12-13-20-19)18(21-22)15-9-4-3-5-10-15/h6-8,11,15,20H,2-5,9-10,12-13H2,1H3. The van der Waals surface area contributed by atoms with Crippen LogP contribution in [0.2, 0.25) is 0 Å². The Kier molecular flexibility index (Phi) is 3.65. The van der Waals surface area contributed by atoms with Gasteiger partial charge in [0.15, 0.2) is 0 Å².